The molecule has 0 heterocycles. The number of carboxylic acids is 1. The first-order chi connectivity index (χ1) is 13.5. The van der Waals surface area contributed by atoms with Crippen LogP contribution in [-0.2, 0) is 9.53 Å². The Balaban J connectivity index is 2.12. The largest absolute Gasteiger partial charge is 0.479 e. The highest BCUT2D eigenvalue weighted by Gasteiger charge is 2.25. The van der Waals surface area contributed by atoms with E-state index in [0.29, 0.717) is 17.2 Å². The molecule has 0 bridgehead atoms. The number of benzene rings is 3. The molecule has 0 saturated heterocycles. The highest BCUT2D eigenvalue weighted by Crippen LogP contribution is 2.34. The van der Waals surface area contributed by atoms with Gasteiger partial charge in [-0.2, -0.15) is 0 Å². The number of hydrogen-bond acceptors (Lipinski definition) is 2. The molecule has 1 unspecified atom stereocenters. The van der Waals surface area contributed by atoms with Crippen LogP contribution < -0.4 is 0 Å². The van der Waals surface area contributed by atoms with Crippen molar-refractivity contribution in [1.29, 1.82) is 0 Å². The van der Waals surface area contributed by atoms with Gasteiger partial charge in [-0.05, 0) is 58.2 Å². The maximum Gasteiger partial charge on any atom is 0.337 e. The number of carbonyl (C=O) groups is 1. The van der Waals surface area contributed by atoms with Crippen LogP contribution in [0.3, 0.4) is 0 Å². The lowest BCUT2D eigenvalue weighted by Crippen LogP contribution is -2.18. The molecule has 0 spiro atoms. The molecule has 0 aliphatic heterocycles. The number of aliphatic carboxylic acids is 1. The van der Waals surface area contributed by atoms with E-state index in [1.54, 1.807) is 12.1 Å². The van der Waals surface area contributed by atoms with E-state index in [1.807, 2.05) is 55.5 Å². The van der Waals surface area contributed by atoms with Crippen LogP contribution >= 0.6 is 11.6 Å². The van der Waals surface area contributed by atoms with Crippen LogP contribution in [0.2, 0.25) is 5.02 Å². The number of fused-ring (bicyclic) bond motifs is 1. The molecule has 0 radical (unpaired) electrons. The molecule has 28 heavy (non-hydrogen) atoms. The first-order valence-corrected chi connectivity index (χ1v) is 9.71. The standard InChI is InChI=1S/C24H23ClO3/c1-3-4-13-28-23(24(26)27)22-15-19-8-6-5-7-18(19)14-21(22)16(2)17-9-11-20(25)12-10-17/h5-12,14-15,23H,2-4,13H2,1H3,(H,26,27). The SMILES string of the molecule is C=C(c1ccc(Cl)cc1)c1cc2ccccc2cc1C(OCCCC)C(=O)O. The van der Waals surface area contributed by atoms with Crippen LogP contribution in [0.5, 0.6) is 0 Å². The molecule has 3 rings (SSSR count). The van der Waals surface area contributed by atoms with Crippen molar-refractivity contribution in [2.45, 2.75) is 25.9 Å². The number of rotatable bonds is 8. The van der Waals surface area contributed by atoms with Crippen molar-refractivity contribution in [2.24, 2.45) is 0 Å². The summed E-state index contributed by atoms with van der Waals surface area (Å²) in [6.07, 6.45) is 0.703. The number of halogens is 1. The number of carboxylic acid groups (broad SMARTS) is 1. The third-order valence-electron chi connectivity index (χ3n) is 4.72. The number of hydrogen-bond donors (Lipinski definition) is 1. The summed E-state index contributed by atoms with van der Waals surface area (Å²) >= 11 is 6.01. The third-order valence-corrected chi connectivity index (χ3v) is 4.98. The molecule has 1 N–H and O–H groups in total. The molecule has 0 amide bonds. The first kappa shape index (κ1) is 20.1. The molecule has 0 fully saturated rings. The monoisotopic (exact) mass is 394 g/mol. The molecule has 3 aromatic rings. The maximum absolute atomic E-state index is 12.0. The predicted molar refractivity (Wildman–Crippen MR) is 115 cm³/mol. The smallest absolute Gasteiger partial charge is 0.337 e. The minimum Gasteiger partial charge on any atom is -0.479 e. The molecular formula is C24H23ClO3. The Morgan fingerprint density at radius 2 is 1.75 bits per heavy atom. The van der Waals surface area contributed by atoms with Gasteiger partial charge in [0.05, 0.1) is 0 Å². The Bertz CT molecular complexity index is 992. The summed E-state index contributed by atoms with van der Waals surface area (Å²) in [4.78, 5) is 12.0. The van der Waals surface area contributed by atoms with Crippen molar-refractivity contribution in [3.63, 3.8) is 0 Å². The summed E-state index contributed by atoms with van der Waals surface area (Å²) in [5.41, 5.74) is 3.01. The van der Waals surface area contributed by atoms with Gasteiger partial charge in [-0.3, -0.25) is 0 Å². The lowest BCUT2D eigenvalue weighted by molar-refractivity contribution is -0.151. The van der Waals surface area contributed by atoms with E-state index in [0.717, 1.165) is 40.3 Å². The van der Waals surface area contributed by atoms with Gasteiger partial charge in [0.25, 0.3) is 0 Å². The zero-order valence-corrected chi connectivity index (χ0v) is 16.6. The molecule has 144 valence electrons. The van der Waals surface area contributed by atoms with Crippen LogP contribution in [0.4, 0.5) is 0 Å². The molecule has 1 atom stereocenters. The van der Waals surface area contributed by atoms with Crippen LogP contribution in [0.15, 0.2) is 67.2 Å². The third kappa shape index (κ3) is 4.44. The van der Waals surface area contributed by atoms with Crippen molar-refractivity contribution in [2.75, 3.05) is 6.61 Å². The van der Waals surface area contributed by atoms with Gasteiger partial charge in [-0.15, -0.1) is 0 Å². The van der Waals surface area contributed by atoms with Crippen LogP contribution in [-0.4, -0.2) is 17.7 Å². The van der Waals surface area contributed by atoms with E-state index in [-0.39, 0.29) is 0 Å². The fourth-order valence-electron chi connectivity index (χ4n) is 3.18. The molecule has 3 aromatic carbocycles. The van der Waals surface area contributed by atoms with E-state index in [4.69, 9.17) is 16.3 Å². The lowest BCUT2D eigenvalue weighted by Gasteiger charge is -2.20. The van der Waals surface area contributed by atoms with Gasteiger partial charge in [0.1, 0.15) is 0 Å². The average molecular weight is 395 g/mol. The van der Waals surface area contributed by atoms with Gasteiger partial charge in [0.2, 0.25) is 0 Å². The molecule has 0 aliphatic carbocycles. The van der Waals surface area contributed by atoms with E-state index in [9.17, 15) is 9.90 Å². The lowest BCUT2D eigenvalue weighted by atomic mass is 9.90. The molecule has 3 nitrogen and oxygen atoms in total. The summed E-state index contributed by atoms with van der Waals surface area (Å²) in [6, 6.07) is 19.1. The average Bonchev–Trinajstić information content (AvgIpc) is 2.70. The van der Waals surface area contributed by atoms with Crippen molar-refractivity contribution in [3.8, 4) is 0 Å². The second-order valence-corrected chi connectivity index (χ2v) is 7.15. The summed E-state index contributed by atoms with van der Waals surface area (Å²) in [5.74, 6) is -1.00. The van der Waals surface area contributed by atoms with E-state index < -0.39 is 12.1 Å². The van der Waals surface area contributed by atoms with E-state index >= 15 is 0 Å². The summed E-state index contributed by atoms with van der Waals surface area (Å²) < 4.78 is 5.76. The summed E-state index contributed by atoms with van der Waals surface area (Å²) in [6.45, 7) is 6.68. The fourth-order valence-corrected chi connectivity index (χ4v) is 3.31. The van der Waals surface area contributed by atoms with Crippen molar-refractivity contribution < 1.29 is 14.6 Å². The Hall–Kier alpha value is -2.62. The molecule has 4 heteroatoms. The molecule has 0 aromatic heterocycles. The van der Waals surface area contributed by atoms with Crippen molar-refractivity contribution >= 4 is 33.9 Å². The molecule has 0 aliphatic rings. The van der Waals surface area contributed by atoms with Gasteiger partial charge in [-0.1, -0.05) is 67.9 Å². The van der Waals surface area contributed by atoms with Crippen molar-refractivity contribution in [3.05, 3.63) is 89.0 Å². The Morgan fingerprint density at radius 3 is 2.36 bits per heavy atom. The Labute approximate surface area is 170 Å². The van der Waals surface area contributed by atoms with Gasteiger partial charge < -0.3 is 9.84 Å². The minimum atomic E-state index is -1.05. The zero-order valence-electron chi connectivity index (χ0n) is 15.8. The minimum absolute atomic E-state index is 0.396. The van der Waals surface area contributed by atoms with Crippen LogP contribution in [0, 0.1) is 0 Å². The van der Waals surface area contributed by atoms with Crippen LogP contribution in [0.25, 0.3) is 16.3 Å². The number of ether oxygens (including phenoxy) is 1. The second kappa shape index (κ2) is 9.05. The molecular weight excluding hydrogens is 372 g/mol. The van der Waals surface area contributed by atoms with Gasteiger partial charge in [-0.25, -0.2) is 4.79 Å². The Morgan fingerprint density at radius 1 is 1.11 bits per heavy atom. The summed E-state index contributed by atoms with van der Waals surface area (Å²) in [7, 11) is 0. The maximum atomic E-state index is 12.0. The van der Waals surface area contributed by atoms with E-state index in [1.165, 1.54) is 0 Å². The zero-order chi connectivity index (χ0) is 20.1. The Kier molecular flexibility index (Phi) is 6.50. The topological polar surface area (TPSA) is 46.5 Å². The van der Waals surface area contributed by atoms with Gasteiger partial charge in [0, 0.05) is 17.2 Å². The predicted octanol–water partition coefficient (Wildman–Crippen LogP) is 6.50. The number of unbranched alkanes of at least 4 members (excludes halogenated alkanes) is 1. The van der Waals surface area contributed by atoms with Gasteiger partial charge in [0.15, 0.2) is 6.10 Å². The molecule has 0 saturated carbocycles. The van der Waals surface area contributed by atoms with Gasteiger partial charge >= 0.3 is 5.97 Å². The highest BCUT2D eigenvalue weighted by molar-refractivity contribution is 6.30. The highest BCUT2D eigenvalue weighted by atomic mass is 35.5. The quantitative estimate of drug-likeness (QED) is 0.443. The summed E-state index contributed by atoms with van der Waals surface area (Å²) in [5, 5.41) is 12.5. The van der Waals surface area contributed by atoms with Crippen LogP contribution in [0.1, 0.15) is 42.6 Å². The normalized spacial score (nSPS) is 12.1. The van der Waals surface area contributed by atoms with Crippen molar-refractivity contribution in [1.82, 2.24) is 0 Å². The van der Waals surface area contributed by atoms with E-state index in [2.05, 4.69) is 6.58 Å². The first-order valence-electron chi connectivity index (χ1n) is 9.33. The fraction of sp³-hybridized carbons (Fsp3) is 0.208. The second-order valence-electron chi connectivity index (χ2n) is 6.71.